The van der Waals surface area contributed by atoms with Gasteiger partial charge in [-0.2, -0.15) is 0 Å². The third-order valence-corrected chi connectivity index (χ3v) is 5.71. The van der Waals surface area contributed by atoms with Crippen LogP contribution in [0.25, 0.3) is 0 Å². The summed E-state index contributed by atoms with van der Waals surface area (Å²) in [5, 5.41) is 0.831. The summed E-state index contributed by atoms with van der Waals surface area (Å²) in [6.07, 6.45) is 9.95. The molecule has 2 N–H and O–H groups in total. The molecule has 34 heavy (non-hydrogen) atoms. The maximum Gasteiger partial charge on any atom is 0.123 e. The van der Waals surface area contributed by atoms with Crippen molar-refractivity contribution >= 4 is 22.6 Å². The van der Waals surface area contributed by atoms with E-state index in [1.54, 1.807) is 7.11 Å². The van der Waals surface area contributed by atoms with Crippen LogP contribution in [0.1, 0.15) is 36.5 Å². The number of rotatable bonds is 14. The minimum absolute atomic E-state index is 0.522. The molecule has 0 saturated carbocycles. The molecule has 2 aromatic carbocycles. The highest BCUT2D eigenvalue weighted by Gasteiger charge is 2.12. The summed E-state index contributed by atoms with van der Waals surface area (Å²) in [6.45, 7) is 10.9. The van der Waals surface area contributed by atoms with Crippen LogP contribution in [0.3, 0.4) is 0 Å². The van der Waals surface area contributed by atoms with E-state index in [0.717, 1.165) is 54.6 Å². The average Bonchev–Trinajstić information content (AvgIpc) is 2.87. The van der Waals surface area contributed by atoms with E-state index in [0.29, 0.717) is 6.61 Å². The van der Waals surface area contributed by atoms with Crippen molar-refractivity contribution in [2.45, 2.75) is 39.2 Å². The molecule has 0 aliphatic heterocycles. The zero-order valence-electron chi connectivity index (χ0n) is 20.9. The number of methoxy groups -OCH3 is 1. The lowest BCUT2D eigenvalue weighted by Gasteiger charge is -2.17. The fraction of sp³-hybridized carbons (Fsp3) is 0.345. The van der Waals surface area contributed by atoms with E-state index >= 15 is 0 Å². The predicted octanol–water partition coefficient (Wildman–Crippen LogP) is 6.87. The van der Waals surface area contributed by atoms with Crippen LogP contribution < -0.4 is 15.2 Å². The van der Waals surface area contributed by atoms with Crippen LogP contribution in [0.2, 0.25) is 0 Å². The van der Waals surface area contributed by atoms with Crippen LogP contribution in [0.4, 0.5) is 0 Å². The Bertz CT molecular complexity index is 934. The topological polar surface area (TPSA) is 56.8 Å². The molecule has 184 valence electrons. The number of hydrogen-bond donors (Lipinski definition) is 1. The molecule has 0 bridgehead atoms. The van der Waals surface area contributed by atoms with Gasteiger partial charge in [-0.1, -0.05) is 65.0 Å². The molecule has 4 nitrogen and oxygen atoms in total. The van der Waals surface area contributed by atoms with Crippen molar-refractivity contribution < 1.29 is 9.47 Å². The van der Waals surface area contributed by atoms with Gasteiger partial charge in [-0.3, -0.25) is 0 Å². The summed E-state index contributed by atoms with van der Waals surface area (Å²) < 4.78 is 11.6. The third kappa shape index (κ3) is 10.1. The molecule has 0 atom stereocenters. The highest BCUT2D eigenvalue weighted by molar-refractivity contribution is 9.09. The van der Waals surface area contributed by atoms with Crippen molar-refractivity contribution in [3.05, 3.63) is 95.1 Å². The summed E-state index contributed by atoms with van der Waals surface area (Å²) in [7, 11) is 3.18. The highest BCUT2D eigenvalue weighted by atomic mass is 79.9. The van der Waals surface area contributed by atoms with Gasteiger partial charge in [0.1, 0.15) is 18.1 Å². The Hall–Kier alpha value is -2.63. The van der Waals surface area contributed by atoms with Gasteiger partial charge in [-0.15, -0.1) is 0 Å². The smallest absolute Gasteiger partial charge is 0.123 e. The molecular weight excluding hydrogens is 488 g/mol. The van der Waals surface area contributed by atoms with E-state index in [1.807, 2.05) is 30.3 Å². The first-order valence-corrected chi connectivity index (χ1v) is 12.7. The van der Waals surface area contributed by atoms with Crippen molar-refractivity contribution in [1.29, 1.82) is 0 Å². The summed E-state index contributed by atoms with van der Waals surface area (Å²) in [5.41, 5.74) is 10.8. The second-order valence-corrected chi connectivity index (χ2v) is 8.20. The molecule has 2 aromatic rings. The molecule has 5 heteroatoms. The van der Waals surface area contributed by atoms with Gasteiger partial charge in [0, 0.05) is 11.9 Å². The number of halogens is 1. The monoisotopic (exact) mass is 526 g/mol. The molecular formula is C29H39BrN2O2. The maximum atomic E-state index is 6.31. The fourth-order valence-corrected chi connectivity index (χ4v) is 4.02. The SMILES string of the molecule is C=C/C=C(C)\C(=C/CBr)CCc1c(CCCN=C)cccc1OCc1ccc(OC)cc1.CN. The lowest BCUT2D eigenvalue weighted by atomic mass is 9.93. The van der Waals surface area contributed by atoms with E-state index in [2.05, 4.69) is 77.2 Å². The molecule has 0 spiro atoms. The Morgan fingerprint density at radius 1 is 1.12 bits per heavy atom. The van der Waals surface area contributed by atoms with Crippen molar-refractivity contribution in [3.63, 3.8) is 0 Å². The summed E-state index contributed by atoms with van der Waals surface area (Å²) in [4.78, 5) is 4.01. The molecule has 0 saturated heterocycles. The number of nitrogens with two attached hydrogens (primary N) is 1. The zero-order valence-corrected chi connectivity index (χ0v) is 22.4. The van der Waals surface area contributed by atoms with Gasteiger partial charge < -0.3 is 20.2 Å². The molecule has 0 aliphatic carbocycles. The molecule has 0 unspecified atom stereocenters. The van der Waals surface area contributed by atoms with Gasteiger partial charge in [0.2, 0.25) is 0 Å². The van der Waals surface area contributed by atoms with Crippen molar-refractivity contribution in [3.8, 4) is 11.5 Å². The largest absolute Gasteiger partial charge is 0.497 e. The summed E-state index contributed by atoms with van der Waals surface area (Å²) in [5.74, 6) is 1.80. The number of aryl methyl sites for hydroxylation is 1. The second-order valence-electron chi connectivity index (χ2n) is 7.55. The Morgan fingerprint density at radius 2 is 1.85 bits per heavy atom. The molecule has 0 amide bonds. The number of benzene rings is 2. The number of alkyl halides is 1. The van der Waals surface area contributed by atoms with E-state index in [4.69, 9.17) is 9.47 Å². The normalized spacial score (nSPS) is 11.3. The third-order valence-electron chi connectivity index (χ3n) is 5.39. The van der Waals surface area contributed by atoms with Crippen molar-refractivity contribution in [1.82, 2.24) is 0 Å². The molecule has 0 radical (unpaired) electrons. The van der Waals surface area contributed by atoms with Crippen LogP contribution >= 0.6 is 15.9 Å². The van der Waals surface area contributed by atoms with Crippen LogP contribution in [0.15, 0.2) is 83.4 Å². The number of hydrogen-bond acceptors (Lipinski definition) is 4. The average molecular weight is 528 g/mol. The van der Waals surface area contributed by atoms with E-state index in [9.17, 15) is 0 Å². The molecule has 0 heterocycles. The van der Waals surface area contributed by atoms with E-state index < -0.39 is 0 Å². The molecule has 2 rings (SSSR count). The summed E-state index contributed by atoms with van der Waals surface area (Å²) >= 11 is 3.55. The lowest BCUT2D eigenvalue weighted by molar-refractivity contribution is 0.302. The maximum absolute atomic E-state index is 6.31. The zero-order chi connectivity index (χ0) is 25.2. The van der Waals surface area contributed by atoms with Gasteiger partial charge in [0.05, 0.1) is 7.11 Å². The predicted molar refractivity (Wildman–Crippen MR) is 151 cm³/mol. The highest BCUT2D eigenvalue weighted by Crippen LogP contribution is 2.29. The Labute approximate surface area is 214 Å². The second kappa shape index (κ2) is 17.8. The van der Waals surface area contributed by atoms with Gasteiger partial charge in [-0.25, -0.2) is 0 Å². The number of aliphatic imine (C=N–C) groups is 1. The summed E-state index contributed by atoms with van der Waals surface area (Å²) in [6, 6.07) is 14.4. The van der Waals surface area contributed by atoms with E-state index in [-0.39, 0.29) is 0 Å². The standard InChI is InChI=1S/C28H34BrNO2.CH5N/c1-5-8-22(2)24(18-19-29)14-17-27-25(10-7-20-30-3)9-6-11-28(27)32-21-23-12-15-26(31-4)16-13-23;1-2/h5-6,8-9,11-13,15-16,18H,1,3,7,10,14,17,19-21H2,2,4H3;2H2,1H3/b22-8-,24-18-;. The molecule has 0 fully saturated rings. The number of nitrogens with zero attached hydrogens (tertiary/aromatic N) is 1. The quantitative estimate of drug-likeness (QED) is 0.126. The Kier molecular flexibility index (Phi) is 15.4. The van der Waals surface area contributed by atoms with Crippen LogP contribution in [-0.2, 0) is 19.4 Å². The lowest BCUT2D eigenvalue weighted by Crippen LogP contribution is -2.04. The first-order valence-electron chi connectivity index (χ1n) is 11.5. The van der Waals surface area contributed by atoms with Gasteiger partial charge in [0.25, 0.3) is 0 Å². The first-order chi connectivity index (χ1) is 16.6. The van der Waals surface area contributed by atoms with Crippen molar-refractivity contribution in [2.24, 2.45) is 10.7 Å². The minimum Gasteiger partial charge on any atom is -0.497 e. The van der Waals surface area contributed by atoms with E-state index in [1.165, 1.54) is 29.3 Å². The van der Waals surface area contributed by atoms with Gasteiger partial charge in [0.15, 0.2) is 0 Å². The molecule has 0 aliphatic rings. The Morgan fingerprint density at radius 3 is 2.47 bits per heavy atom. The van der Waals surface area contributed by atoms with Crippen LogP contribution in [0, 0.1) is 0 Å². The first kappa shape index (κ1) is 29.4. The van der Waals surface area contributed by atoms with Crippen LogP contribution in [-0.4, -0.2) is 32.7 Å². The van der Waals surface area contributed by atoms with Gasteiger partial charge >= 0.3 is 0 Å². The minimum atomic E-state index is 0.522. The Balaban J connectivity index is 0.00000281. The fourth-order valence-electron chi connectivity index (χ4n) is 3.63. The molecule has 0 aromatic heterocycles. The number of ether oxygens (including phenoxy) is 2. The van der Waals surface area contributed by atoms with Gasteiger partial charge in [-0.05, 0) is 92.4 Å². The number of allylic oxidation sites excluding steroid dienone is 5. The van der Waals surface area contributed by atoms with Crippen LogP contribution in [0.5, 0.6) is 11.5 Å². The van der Waals surface area contributed by atoms with Crippen molar-refractivity contribution in [2.75, 3.05) is 26.0 Å².